The lowest BCUT2D eigenvalue weighted by atomic mass is 10.1. The average Bonchev–Trinajstić information content (AvgIpc) is 3.44. The van der Waals surface area contributed by atoms with Crippen molar-refractivity contribution in [2.75, 3.05) is 5.32 Å². The van der Waals surface area contributed by atoms with Crippen molar-refractivity contribution >= 4 is 29.6 Å². The number of amides is 2. The number of ether oxygens (including phenoxy) is 2. The first-order valence-electron chi connectivity index (χ1n) is 13.6. The van der Waals surface area contributed by atoms with E-state index < -0.39 is 41.4 Å². The van der Waals surface area contributed by atoms with Crippen LogP contribution >= 0.6 is 0 Å². The van der Waals surface area contributed by atoms with Crippen LogP contribution in [0, 0.1) is 12.7 Å². The van der Waals surface area contributed by atoms with Crippen LogP contribution in [0.2, 0.25) is 0 Å². The molecular formula is C33H31FN2O8. The number of carboxylic acid groups (broad SMARTS) is 1. The Bertz CT molecular complexity index is 1670. The third-order valence-electron chi connectivity index (χ3n) is 6.17. The van der Waals surface area contributed by atoms with Crippen LogP contribution in [0.1, 0.15) is 52.8 Å². The van der Waals surface area contributed by atoms with Crippen molar-refractivity contribution in [3.63, 3.8) is 0 Å². The first kappa shape index (κ1) is 31.5. The van der Waals surface area contributed by atoms with Gasteiger partial charge in [-0.1, -0.05) is 35.9 Å². The van der Waals surface area contributed by atoms with Crippen LogP contribution in [-0.2, 0) is 16.0 Å². The fourth-order valence-corrected chi connectivity index (χ4v) is 4.02. The number of carbonyl (C=O) groups excluding carboxylic acids is 3. The Morgan fingerprint density at radius 1 is 0.932 bits per heavy atom. The molecule has 0 bridgehead atoms. The van der Waals surface area contributed by atoms with E-state index in [0.717, 1.165) is 17.2 Å². The molecule has 10 nitrogen and oxygen atoms in total. The van der Waals surface area contributed by atoms with E-state index in [4.69, 9.17) is 13.9 Å². The highest BCUT2D eigenvalue weighted by Crippen LogP contribution is 2.24. The van der Waals surface area contributed by atoms with Crippen LogP contribution < -0.4 is 15.4 Å². The SMILES string of the molecule is Cc1ccc(-c2ccc(C(=O)NC(Cc3ccc(OC(=O)c4ccc(NC(=O)OC(C)(C)C)cc4)c(F)c3)C(=O)O)o2)cc1. The zero-order chi connectivity index (χ0) is 32.0. The molecule has 228 valence electrons. The number of benzene rings is 3. The number of hydrogen-bond acceptors (Lipinski definition) is 7. The zero-order valence-corrected chi connectivity index (χ0v) is 24.5. The highest BCUT2D eigenvalue weighted by Gasteiger charge is 2.24. The molecule has 1 unspecified atom stereocenters. The van der Waals surface area contributed by atoms with Crippen LogP contribution in [0.3, 0.4) is 0 Å². The number of esters is 1. The van der Waals surface area contributed by atoms with Gasteiger partial charge in [0.15, 0.2) is 17.3 Å². The van der Waals surface area contributed by atoms with Crippen LogP contribution in [0.15, 0.2) is 83.3 Å². The van der Waals surface area contributed by atoms with Gasteiger partial charge in [0.1, 0.15) is 17.4 Å². The van der Waals surface area contributed by atoms with Crippen molar-refractivity contribution in [1.82, 2.24) is 5.32 Å². The normalized spacial score (nSPS) is 11.8. The van der Waals surface area contributed by atoms with E-state index in [1.54, 1.807) is 26.8 Å². The molecule has 11 heteroatoms. The summed E-state index contributed by atoms with van der Waals surface area (Å²) in [6.45, 7) is 7.12. The van der Waals surface area contributed by atoms with Crippen LogP contribution in [-0.4, -0.2) is 40.7 Å². The van der Waals surface area contributed by atoms with Crippen LogP contribution in [0.25, 0.3) is 11.3 Å². The molecule has 1 aromatic heterocycles. The largest absolute Gasteiger partial charge is 0.480 e. The molecular weight excluding hydrogens is 571 g/mol. The molecule has 2 amide bonds. The Kier molecular flexibility index (Phi) is 9.47. The lowest BCUT2D eigenvalue weighted by Crippen LogP contribution is -2.42. The second-order valence-electron chi connectivity index (χ2n) is 11.0. The molecule has 0 saturated carbocycles. The van der Waals surface area contributed by atoms with Gasteiger partial charge in [-0.05, 0) is 81.8 Å². The fraction of sp³-hybridized carbons (Fsp3) is 0.212. The number of aliphatic carboxylic acids is 1. The Morgan fingerprint density at radius 2 is 1.61 bits per heavy atom. The molecule has 0 aliphatic heterocycles. The molecule has 0 saturated heterocycles. The van der Waals surface area contributed by atoms with Crippen LogP contribution in [0.4, 0.5) is 14.9 Å². The Morgan fingerprint density at radius 3 is 2.23 bits per heavy atom. The first-order chi connectivity index (χ1) is 20.8. The van der Waals surface area contributed by atoms with Gasteiger partial charge in [0.2, 0.25) is 0 Å². The second kappa shape index (κ2) is 13.2. The third kappa shape index (κ3) is 8.54. The topological polar surface area (TPSA) is 144 Å². The van der Waals surface area contributed by atoms with E-state index in [-0.39, 0.29) is 29.1 Å². The van der Waals surface area contributed by atoms with Gasteiger partial charge in [0.25, 0.3) is 5.91 Å². The molecule has 3 aromatic carbocycles. The molecule has 4 rings (SSSR count). The Hall–Kier alpha value is -5.45. The minimum Gasteiger partial charge on any atom is -0.480 e. The smallest absolute Gasteiger partial charge is 0.412 e. The Balaban J connectivity index is 1.36. The Labute approximate surface area is 252 Å². The molecule has 1 heterocycles. The summed E-state index contributed by atoms with van der Waals surface area (Å²) in [5.41, 5.74) is 1.86. The summed E-state index contributed by atoms with van der Waals surface area (Å²) >= 11 is 0. The third-order valence-corrected chi connectivity index (χ3v) is 6.17. The van der Waals surface area contributed by atoms with Gasteiger partial charge in [-0.15, -0.1) is 0 Å². The van der Waals surface area contributed by atoms with Crippen molar-refractivity contribution in [3.05, 3.63) is 107 Å². The summed E-state index contributed by atoms with van der Waals surface area (Å²) in [5, 5.41) is 14.6. The minimum atomic E-state index is -1.39. The van der Waals surface area contributed by atoms with E-state index in [1.807, 2.05) is 31.2 Å². The van der Waals surface area contributed by atoms with Crippen molar-refractivity contribution in [2.24, 2.45) is 0 Å². The summed E-state index contributed by atoms with van der Waals surface area (Å²) in [6.07, 6.45) is -0.906. The average molecular weight is 603 g/mol. The lowest BCUT2D eigenvalue weighted by molar-refractivity contribution is -0.139. The predicted molar refractivity (Wildman–Crippen MR) is 159 cm³/mol. The fourth-order valence-electron chi connectivity index (χ4n) is 4.02. The van der Waals surface area contributed by atoms with E-state index in [2.05, 4.69) is 10.6 Å². The van der Waals surface area contributed by atoms with E-state index in [0.29, 0.717) is 11.4 Å². The van der Waals surface area contributed by atoms with Gasteiger partial charge in [0.05, 0.1) is 5.56 Å². The maximum absolute atomic E-state index is 14.8. The van der Waals surface area contributed by atoms with Crippen LogP contribution in [0.5, 0.6) is 5.75 Å². The van der Waals surface area contributed by atoms with E-state index in [1.165, 1.54) is 42.5 Å². The number of halogens is 1. The number of nitrogens with one attached hydrogen (secondary N) is 2. The second-order valence-corrected chi connectivity index (χ2v) is 11.0. The number of anilines is 1. The van der Waals surface area contributed by atoms with Crippen molar-refractivity contribution in [2.45, 2.75) is 45.8 Å². The van der Waals surface area contributed by atoms with E-state index in [9.17, 15) is 28.7 Å². The number of aryl methyl sites for hydroxylation is 1. The number of carboxylic acids is 1. The van der Waals surface area contributed by atoms with Gasteiger partial charge < -0.3 is 24.3 Å². The summed E-state index contributed by atoms with van der Waals surface area (Å²) in [6, 6.07) is 18.5. The number of furan rings is 1. The van der Waals surface area contributed by atoms with Gasteiger partial charge in [-0.2, -0.15) is 0 Å². The maximum atomic E-state index is 14.8. The van der Waals surface area contributed by atoms with Crippen molar-refractivity contribution in [3.8, 4) is 17.1 Å². The molecule has 4 aromatic rings. The van der Waals surface area contributed by atoms with E-state index >= 15 is 0 Å². The van der Waals surface area contributed by atoms with Crippen molar-refractivity contribution in [1.29, 1.82) is 0 Å². The maximum Gasteiger partial charge on any atom is 0.412 e. The molecule has 0 aliphatic rings. The van der Waals surface area contributed by atoms with Gasteiger partial charge >= 0.3 is 18.0 Å². The quantitative estimate of drug-likeness (QED) is 0.148. The summed E-state index contributed by atoms with van der Waals surface area (Å²) in [5.74, 6) is -3.82. The standard InChI is InChI=1S/C33H31FN2O8/c1-19-5-8-21(9-6-19)26-15-16-28(42-26)29(37)36-25(30(38)39)18-20-7-14-27(24(34)17-20)43-31(40)22-10-12-23(13-11-22)35-32(41)44-33(2,3)4/h5-17,25H,18H2,1-4H3,(H,35,41)(H,36,37)(H,38,39). The first-order valence-corrected chi connectivity index (χ1v) is 13.6. The van der Waals surface area contributed by atoms with Gasteiger partial charge in [-0.25, -0.2) is 18.8 Å². The number of carbonyl (C=O) groups is 4. The number of hydrogen-bond donors (Lipinski definition) is 3. The molecule has 1 atom stereocenters. The molecule has 0 radical (unpaired) electrons. The zero-order valence-electron chi connectivity index (χ0n) is 24.5. The molecule has 3 N–H and O–H groups in total. The molecule has 44 heavy (non-hydrogen) atoms. The predicted octanol–water partition coefficient (Wildman–Crippen LogP) is 6.39. The van der Waals surface area contributed by atoms with Gasteiger partial charge in [0, 0.05) is 17.7 Å². The van der Waals surface area contributed by atoms with Gasteiger partial charge in [-0.3, -0.25) is 10.1 Å². The van der Waals surface area contributed by atoms with Crippen molar-refractivity contribution < 1.29 is 42.6 Å². The monoisotopic (exact) mass is 602 g/mol. The highest BCUT2D eigenvalue weighted by atomic mass is 19.1. The molecule has 0 fully saturated rings. The summed E-state index contributed by atoms with van der Waals surface area (Å²) < 4.78 is 30.8. The minimum absolute atomic E-state index is 0.0751. The number of rotatable bonds is 9. The molecule has 0 spiro atoms. The summed E-state index contributed by atoms with van der Waals surface area (Å²) in [7, 11) is 0. The highest BCUT2D eigenvalue weighted by molar-refractivity contribution is 5.95. The summed E-state index contributed by atoms with van der Waals surface area (Å²) in [4.78, 5) is 49.1. The molecule has 0 aliphatic carbocycles. The lowest BCUT2D eigenvalue weighted by Gasteiger charge is -2.19.